The Morgan fingerprint density at radius 2 is 2.13 bits per heavy atom. The topological polar surface area (TPSA) is 24.4 Å². The molecule has 0 fully saturated rings. The Labute approximate surface area is 98.3 Å². The SMILES string of the molecule is CCC(CC)C(C)NC1=NC(C)CCS1. The number of amidine groups is 1. The number of aliphatic imine (C=N–C) groups is 1. The normalized spacial score (nSPS) is 23.8. The summed E-state index contributed by atoms with van der Waals surface area (Å²) in [7, 11) is 0. The van der Waals surface area contributed by atoms with Crippen LogP contribution >= 0.6 is 11.8 Å². The molecule has 15 heavy (non-hydrogen) atoms. The summed E-state index contributed by atoms with van der Waals surface area (Å²) in [4.78, 5) is 4.64. The number of nitrogens with zero attached hydrogens (tertiary/aromatic N) is 1. The van der Waals surface area contributed by atoms with Gasteiger partial charge >= 0.3 is 0 Å². The molecule has 88 valence electrons. The van der Waals surface area contributed by atoms with Crippen molar-refractivity contribution in [1.29, 1.82) is 0 Å². The van der Waals surface area contributed by atoms with Crippen LogP contribution in [-0.4, -0.2) is 23.0 Å². The summed E-state index contributed by atoms with van der Waals surface area (Å²) >= 11 is 1.87. The van der Waals surface area contributed by atoms with E-state index in [-0.39, 0.29) is 0 Å². The first-order valence-corrected chi connectivity index (χ1v) is 7.13. The van der Waals surface area contributed by atoms with Crippen LogP contribution in [0.5, 0.6) is 0 Å². The van der Waals surface area contributed by atoms with E-state index in [9.17, 15) is 0 Å². The van der Waals surface area contributed by atoms with Gasteiger partial charge in [-0.1, -0.05) is 38.5 Å². The van der Waals surface area contributed by atoms with Crippen molar-refractivity contribution in [1.82, 2.24) is 5.32 Å². The van der Waals surface area contributed by atoms with Crippen molar-refractivity contribution in [3.05, 3.63) is 0 Å². The fraction of sp³-hybridized carbons (Fsp3) is 0.917. The van der Waals surface area contributed by atoms with Gasteiger partial charge in [0.05, 0.1) is 6.04 Å². The Morgan fingerprint density at radius 1 is 1.47 bits per heavy atom. The molecule has 3 heteroatoms. The molecule has 1 N–H and O–H groups in total. The van der Waals surface area contributed by atoms with E-state index in [2.05, 4.69) is 38.0 Å². The van der Waals surface area contributed by atoms with E-state index in [4.69, 9.17) is 0 Å². The Morgan fingerprint density at radius 3 is 2.67 bits per heavy atom. The summed E-state index contributed by atoms with van der Waals surface area (Å²) in [6.45, 7) is 9.01. The van der Waals surface area contributed by atoms with Gasteiger partial charge in [-0.15, -0.1) is 0 Å². The van der Waals surface area contributed by atoms with Gasteiger partial charge in [0.25, 0.3) is 0 Å². The quantitative estimate of drug-likeness (QED) is 0.798. The number of rotatable bonds is 4. The van der Waals surface area contributed by atoms with Crippen LogP contribution in [-0.2, 0) is 0 Å². The lowest BCUT2D eigenvalue weighted by Crippen LogP contribution is -2.38. The standard InChI is InChI=1S/C12H24N2S/c1-5-11(6-2)10(4)14-12-13-9(3)7-8-15-12/h9-11H,5-8H2,1-4H3,(H,13,14). The lowest BCUT2D eigenvalue weighted by molar-refractivity contribution is 0.392. The first-order valence-electron chi connectivity index (χ1n) is 6.14. The average molecular weight is 228 g/mol. The van der Waals surface area contributed by atoms with Gasteiger partial charge in [-0.05, 0) is 26.2 Å². The van der Waals surface area contributed by atoms with Crippen LogP contribution in [0.2, 0.25) is 0 Å². The predicted molar refractivity (Wildman–Crippen MR) is 70.6 cm³/mol. The van der Waals surface area contributed by atoms with Crippen LogP contribution < -0.4 is 5.32 Å². The lowest BCUT2D eigenvalue weighted by atomic mass is 9.96. The molecule has 2 nitrogen and oxygen atoms in total. The summed E-state index contributed by atoms with van der Waals surface area (Å²) in [5.41, 5.74) is 0. The van der Waals surface area contributed by atoms with Crippen LogP contribution in [0.4, 0.5) is 0 Å². The highest BCUT2D eigenvalue weighted by molar-refractivity contribution is 8.13. The third-order valence-electron chi connectivity index (χ3n) is 3.22. The average Bonchev–Trinajstić information content (AvgIpc) is 2.19. The molecule has 0 aliphatic carbocycles. The van der Waals surface area contributed by atoms with Gasteiger partial charge in [0, 0.05) is 11.8 Å². The van der Waals surface area contributed by atoms with Crippen LogP contribution in [0.1, 0.15) is 47.0 Å². The molecule has 0 aromatic heterocycles. The van der Waals surface area contributed by atoms with Gasteiger partial charge < -0.3 is 5.32 Å². The molecule has 0 spiro atoms. The molecule has 0 aromatic carbocycles. The fourth-order valence-electron chi connectivity index (χ4n) is 2.02. The van der Waals surface area contributed by atoms with Gasteiger partial charge in [0.2, 0.25) is 0 Å². The first kappa shape index (κ1) is 12.9. The summed E-state index contributed by atoms with van der Waals surface area (Å²) in [6, 6.07) is 1.05. The molecule has 0 saturated carbocycles. The van der Waals surface area contributed by atoms with Gasteiger partial charge in [0.15, 0.2) is 5.17 Å². The maximum Gasteiger partial charge on any atom is 0.157 e. The number of thioether (sulfide) groups is 1. The van der Waals surface area contributed by atoms with E-state index in [0.717, 1.165) is 11.1 Å². The molecule has 1 aliphatic rings. The number of hydrogen-bond donors (Lipinski definition) is 1. The zero-order valence-corrected chi connectivity index (χ0v) is 11.2. The first-order chi connectivity index (χ1) is 7.17. The van der Waals surface area contributed by atoms with E-state index in [1.165, 1.54) is 25.0 Å². The monoisotopic (exact) mass is 228 g/mol. The smallest absolute Gasteiger partial charge is 0.157 e. The molecule has 2 atom stereocenters. The molecule has 1 aliphatic heterocycles. The van der Waals surface area contributed by atoms with E-state index in [1.54, 1.807) is 0 Å². The summed E-state index contributed by atoms with van der Waals surface area (Å²) < 4.78 is 0. The Bertz CT molecular complexity index is 212. The highest BCUT2D eigenvalue weighted by Gasteiger charge is 2.17. The highest BCUT2D eigenvalue weighted by Crippen LogP contribution is 2.18. The zero-order valence-electron chi connectivity index (χ0n) is 10.4. The summed E-state index contributed by atoms with van der Waals surface area (Å²) in [6.07, 6.45) is 3.71. The van der Waals surface area contributed by atoms with Crippen molar-refractivity contribution >= 4 is 16.9 Å². The highest BCUT2D eigenvalue weighted by atomic mass is 32.2. The molecule has 0 bridgehead atoms. The molecule has 1 rings (SSSR count). The van der Waals surface area contributed by atoms with Crippen LogP contribution in [0.3, 0.4) is 0 Å². The molecule has 1 heterocycles. The van der Waals surface area contributed by atoms with Crippen molar-refractivity contribution < 1.29 is 0 Å². The van der Waals surface area contributed by atoms with Crippen LogP contribution in [0.15, 0.2) is 4.99 Å². The number of nitrogens with one attached hydrogen (secondary N) is 1. The second-order valence-electron chi connectivity index (χ2n) is 4.43. The van der Waals surface area contributed by atoms with Crippen molar-refractivity contribution in [2.45, 2.75) is 59.0 Å². The maximum absolute atomic E-state index is 4.64. The Kier molecular flexibility index (Phi) is 5.51. The van der Waals surface area contributed by atoms with Gasteiger partial charge in [0.1, 0.15) is 0 Å². The fourth-order valence-corrected chi connectivity index (χ4v) is 3.19. The zero-order chi connectivity index (χ0) is 11.3. The molecular formula is C12H24N2S. The largest absolute Gasteiger partial charge is 0.362 e. The molecule has 0 saturated heterocycles. The van der Waals surface area contributed by atoms with Crippen molar-refractivity contribution in [3.63, 3.8) is 0 Å². The second kappa shape index (κ2) is 6.41. The van der Waals surface area contributed by atoms with Crippen LogP contribution in [0.25, 0.3) is 0 Å². The molecule has 0 radical (unpaired) electrons. The van der Waals surface area contributed by atoms with Crippen molar-refractivity contribution in [2.24, 2.45) is 10.9 Å². The summed E-state index contributed by atoms with van der Waals surface area (Å²) in [5.74, 6) is 1.98. The number of hydrogen-bond acceptors (Lipinski definition) is 3. The van der Waals surface area contributed by atoms with Gasteiger partial charge in [-0.3, -0.25) is 4.99 Å². The van der Waals surface area contributed by atoms with E-state index < -0.39 is 0 Å². The Hall–Kier alpha value is -0.180. The lowest BCUT2D eigenvalue weighted by Gasteiger charge is -2.26. The minimum Gasteiger partial charge on any atom is -0.362 e. The minimum atomic E-state index is 0.502. The summed E-state index contributed by atoms with van der Waals surface area (Å²) in [5, 5.41) is 4.72. The van der Waals surface area contributed by atoms with Crippen molar-refractivity contribution in [3.8, 4) is 0 Å². The predicted octanol–water partition coefficient (Wildman–Crippen LogP) is 3.28. The Balaban J connectivity index is 2.46. The molecular weight excluding hydrogens is 204 g/mol. The van der Waals surface area contributed by atoms with Gasteiger partial charge in [-0.2, -0.15) is 0 Å². The second-order valence-corrected chi connectivity index (χ2v) is 5.51. The molecule has 0 aromatic rings. The van der Waals surface area contributed by atoms with E-state index >= 15 is 0 Å². The molecule has 0 amide bonds. The maximum atomic E-state index is 4.64. The van der Waals surface area contributed by atoms with Crippen LogP contribution in [0, 0.1) is 5.92 Å². The third-order valence-corrected chi connectivity index (χ3v) is 4.16. The van der Waals surface area contributed by atoms with Crippen molar-refractivity contribution in [2.75, 3.05) is 5.75 Å². The molecule has 2 unspecified atom stereocenters. The minimum absolute atomic E-state index is 0.502. The third kappa shape index (κ3) is 4.06. The van der Waals surface area contributed by atoms with E-state index in [1.807, 2.05) is 11.8 Å². The van der Waals surface area contributed by atoms with Gasteiger partial charge in [-0.25, -0.2) is 0 Å². The van der Waals surface area contributed by atoms with E-state index in [0.29, 0.717) is 12.1 Å².